The number of fused-ring (bicyclic) bond motifs is 3. The Morgan fingerprint density at radius 1 is 0.368 bits per heavy atom. The number of hydrogen-bond donors (Lipinski definition) is 0. The van der Waals surface area contributed by atoms with Crippen LogP contribution in [0.3, 0.4) is 0 Å². The Bertz CT molecular complexity index is 1880. The Morgan fingerprint density at radius 3 is 1.37 bits per heavy atom. The smallest absolute Gasteiger partial charge is 0.0816 e. The minimum atomic E-state index is 0.939. The Balaban J connectivity index is 1.62. The highest BCUT2D eigenvalue weighted by atomic mass is 14.7. The Labute approximate surface area is 221 Å². The molecule has 178 valence electrons. The van der Waals surface area contributed by atoms with Crippen LogP contribution < -0.4 is 0 Å². The van der Waals surface area contributed by atoms with E-state index in [4.69, 9.17) is 9.97 Å². The predicted molar refractivity (Wildman–Crippen MR) is 159 cm³/mol. The largest absolute Gasteiger partial charge is 0.248 e. The minimum Gasteiger partial charge on any atom is -0.248 e. The van der Waals surface area contributed by atoms with Crippen molar-refractivity contribution >= 4 is 21.8 Å². The van der Waals surface area contributed by atoms with E-state index in [0.717, 1.165) is 55.4 Å². The first kappa shape index (κ1) is 22.1. The van der Waals surface area contributed by atoms with Crippen molar-refractivity contribution in [2.75, 3.05) is 0 Å². The fourth-order valence-electron chi connectivity index (χ4n) is 5.23. The Hall–Kier alpha value is -5.08. The van der Waals surface area contributed by atoms with Crippen molar-refractivity contribution in [1.82, 2.24) is 9.97 Å². The molecule has 2 heteroatoms. The monoisotopic (exact) mass is 484 g/mol. The van der Waals surface area contributed by atoms with Crippen molar-refractivity contribution < 1.29 is 0 Å². The molecule has 0 saturated heterocycles. The van der Waals surface area contributed by atoms with Crippen molar-refractivity contribution in [1.29, 1.82) is 0 Å². The zero-order chi connectivity index (χ0) is 25.3. The molecule has 7 rings (SSSR count). The first-order valence-electron chi connectivity index (χ1n) is 12.9. The van der Waals surface area contributed by atoms with Gasteiger partial charge in [0.1, 0.15) is 0 Å². The van der Waals surface area contributed by atoms with Crippen LogP contribution in [0, 0.1) is 0 Å². The van der Waals surface area contributed by atoms with Crippen molar-refractivity contribution in [3.63, 3.8) is 0 Å². The van der Waals surface area contributed by atoms with Crippen LogP contribution in [-0.2, 0) is 0 Å². The van der Waals surface area contributed by atoms with Crippen LogP contribution >= 0.6 is 0 Å². The molecule has 0 aliphatic rings. The minimum absolute atomic E-state index is 0.939. The molecule has 0 N–H and O–H groups in total. The molecule has 7 aromatic rings. The van der Waals surface area contributed by atoms with Gasteiger partial charge in [0.15, 0.2) is 0 Å². The van der Waals surface area contributed by atoms with Crippen LogP contribution in [0.5, 0.6) is 0 Å². The van der Waals surface area contributed by atoms with Gasteiger partial charge in [0.05, 0.1) is 22.4 Å². The van der Waals surface area contributed by atoms with Gasteiger partial charge in [-0.3, -0.25) is 0 Å². The molecule has 38 heavy (non-hydrogen) atoms. The standard InChI is InChI=1S/C36H24N2/c1-5-13-25(14-6-1)30-23-34(28-19-11-4-12-20-28)38-36-29(30)21-22-32-35(36)31(26-15-7-2-8-16-26)24-33(37-32)27-17-9-3-10-18-27/h1-24H. The highest BCUT2D eigenvalue weighted by Gasteiger charge is 2.17. The fraction of sp³-hybridized carbons (Fsp3) is 0. The van der Waals surface area contributed by atoms with E-state index < -0.39 is 0 Å². The number of hydrogen-bond acceptors (Lipinski definition) is 2. The van der Waals surface area contributed by atoms with Crippen LogP contribution in [-0.4, -0.2) is 9.97 Å². The lowest BCUT2D eigenvalue weighted by Gasteiger charge is -2.16. The van der Waals surface area contributed by atoms with Gasteiger partial charge in [-0.25, -0.2) is 9.97 Å². The summed E-state index contributed by atoms with van der Waals surface area (Å²) in [5, 5.41) is 2.19. The quantitative estimate of drug-likeness (QED) is 0.233. The molecule has 0 unspecified atom stereocenters. The van der Waals surface area contributed by atoms with E-state index in [2.05, 4.69) is 133 Å². The molecule has 2 heterocycles. The molecule has 0 atom stereocenters. The molecule has 0 radical (unpaired) electrons. The van der Waals surface area contributed by atoms with Gasteiger partial charge in [0.25, 0.3) is 0 Å². The summed E-state index contributed by atoms with van der Waals surface area (Å²) in [7, 11) is 0. The van der Waals surface area contributed by atoms with Crippen LogP contribution in [0.4, 0.5) is 0 Å². The third-order valence-corrected chi connectivity index (χ3v) is 7.06. The van der Waals surface area contributed by atoms with E-state index in [1.165, 1.54) is 11.1 Å². The average Bonchev–Trinajstić information content (AvgIpc) is 3.01. The summed E-state index contributed by atoms with van der Waals surface area (Å²) in [6.07, 6.45) is 0. The first-order valence-corrected chi connectivity index (χ1v) is 12.9. The van der Waals surface area contributed by atoms with Gasteiger partial charge in [0.2, 0.25) is 0 Å². The molecule has 2 nitrogen and oxygen atoms in total. The lowest BCUT2D eigenvalue weighted by molar-refractivity contribution is 1.38. The summed E-state index contributed by atoms with van der Waals surface area (Å²) in [5.41, 5.74) is 10.6. The third-order valence-electron chi connectivity index (χ3n) is 7.06. The summed E-state index contributed by atoms with van der Waals surface area (Å²) >= 11 is 0. The van der Waals surface area contributed by atoms with Crippen LogP contribution in [0.25, 0.3) is 66.6 Å². The van der Waals surface area contributed by atoms with Crippen LogP contribution in [0.1, 0.15) is 0 Å². The third kappa shape index (κ3) is 3.93. The van der Waals surface area contributed by atoms with Gasteiger partial charge in [-0.2, -0.15) is 0 Å². The van der Waals surface area contributed by atoms with E-state index in [1.807, 2.05) is 12.1 Å². The molecule has 0 aliphatic heterocycles. The van der Waals surface area contributed by atoms with E-state index in [1.54, 1.807) is 0 Å². The highest BCUT2D eigenvalue weighted by Crippen LogP contribution is 2.40. The number of benzene rings is 5. The van der Waals surface area contributed by atoms with Gasteiger partial charge in [0, 0.05) is 21.9 Å². The number of rotatable bonds is 4. The summed E-state index contributed by atoms with van der Waals surface area (Å²) in [4.78, 5) is 10.5. The molecule has 0 bridgehead atoms. The van der Waals surface area contributed by atoms with Gasteiger partial charge < -0.3 is 0 Å². The van der Waals surface area contributed by atoms with Crippen molar-refractivity contribution in [3.05, 3.63) is 146 Å². The van der Waals surface area contributed by atoms with Crippen molar-refractivity contribution in [3.8, 4) is 44.8 Å². The Morgan fingerprint density at radius 2 is 0.816 bits per heavy atom. The highest BCUT2D eigenvalue weighted by molar-refractivity contribution is 6.15. The average molecular weight is 485 g/mol. The van der Waals surface area contributed by atoms with Crippen LogP contribution in [0.2, 0.25) is 0 Å². The van der Waals surface area contributed by atoms with Crippen LogP contribution in [0.15, 0.2) is 146 Å². The summed E-state index contributed by atoms with van der Waals surface area (Å²) < 4.78 is 0. The summed E-state index contributed by atoms with van der Waals surface area (Å²) in [5.74, 6) is 0. The zero-order valence-electron chi connectivity index (χ0n) is 20.8. The fourth-order valence-corrected chi connectivity index (χ4v) is 5.23. The molecule has 0 aliphatic carbocycles. The van der Waals surface area contributed by atoms with E-state index in [0.29, 0.717) is 0 Å². The van der Waals surface area contributed by atoms with Gasteiger partial charge in [-0.1, -0.05) is 121 Å². The zero-order valence-corrected chi connectivity index (χ0v) is 20.8. The molecule has 5 aromatic carbocycles. The van der Waals surface area contributed by atoms with Gasteiger partial charge >= 0.3 is 0 Å². The second-order valence-corrected chi connectivity index (χ2v) is 9.43. The maximum atomic E-state index is 5.31. The predicted octanol–water partition coefficient (Wildman–Crippen LogP) is 9.45. The molecule has 0 spiro atoms. The molecule has 0 saturated carbocycles. The lowest BCUT2D eigenvalue weighted by atomic mass is 9.93. The molecular weight excluding hydrogens is 460 g/mol. The number of aromatic nitrogens is 2. The maximum absolute atomic E-state index is 5.31. The lowest BCUT2D eigenvalue weighted by Crippen LogP contribution is -1.95. The number of nitrogens with zero attached hydrogens (tertiary/aromatic N) is 2. The molecule has 2 aromatic heterocycles. The van der Waals surface area contributed by atoms with Gasteiger partial charge in [-0.05, 0) is 46.5 Å². The summed E-state index contributed by atoms with van der Waals surface area (Å²) in [6, 6.07) is 50.7. The van der Waals surface area contributed by atoms with E-state index >= 15 is 0 Å². The van der Waals surface area contributed by atoms with Gasteiger partial charge in [-0.15, -0.1) is 0 Å². The Kier molecular flexibility index (Phi) is 5.49. The topological polar surface area (TPSA) is 25.8 Å². The second-order valence-electron chi connectivity index (χ2n) is 9.43. The second kappa shape index (κ2) is 9.42. The van der Waals surface area contributed by atoms with Crippen molar-refractivity contribution in [2.45, 2.75) is 0 Å². The van der Waals surface area contributed by atoms with E-state index in [-0.39, 0.29) is 0 Å². The van der Waals surface area contributed by atoms with Crippen molar-refractivity contribution in [2.24, 2.45) is 0 Å². The molecule has 0 amide bonds. The molecular formula is C36H24N2. The first-order chi connectivity index (χ1) is 18.8. The summed E-state index contributed by atoms with van der Waals surface area (Å²) in [6.45, 7) is 0. The normalized spacial score (nSPS) is 11.2. The van der Waals surface area contributed by atoms with E-state index in [9.17, 15) is 0 Å². The molecule has 0 fully saturated rings. The maximum Gasteiger partial charge on any atom is 0.0816 e. The number of pyridine rings is 2. The SMILES string of the molecule is c1ccc(-c2cc(-c3ccccc3)c3c(ccc4c(-c5ccccc5)cc(-c5ccccc5)nc43)n2)cc1.